The quantitative estimate of drug-likeness (QED) is 0.584. The number of thioether (sulfide) groups is 1. The van der Waals surface area contributed by atoms with Crippen molar-refractivity contribution in [2.24, 2.45) is 0 Å². The molecule has 0 bridgehead atoms. The molecule has 0 aromatic carbocycles. The second-order valence-electron chi connectivity index (χ2n) is 3.52. The zero-order chi connectivity index (χ0) is 11.7. The van der Waals surface area contributed by atoms with Crippen LogP contribution in [-0.4, -0.2) is 42.7 Å². The third-order valence-corrected chi connectivity index (χ3v) is 3.99. The second kappa shape index (κ2) is 4.40. The van der Waals surface area contributed by atoms with E-state index in [0.717, 1.165) is 0 Å². The molecule has 1 fully saturated rings. The number of nitrogen functional groups attached to an aromatic ring is 1. The summed E-state index contributed by atoms with van der Waals surface area (Å²) < 4.78 is 1.32. The smallest absolute Gasteiger partial charge is 0.353 e. The van der Waals surface area contributed by atoms with Crippen LogP contribution in [0, 0.1) is 0 Å². The number of hydrogen-bond acceptors (Lipinski definition) is 7. The summed E-state index contributed by atoms with van der Waals surface area (Å²) in [5.41, 5.74) is 4.79. The van der Waals surface area contributed by atoms with Crippen molar-refractivity contribution in [3.63, 3.8) is 0 Å². The van der Waals surface area contributed by atoms with Crippen molar-refractivity contribution in [2.45, 2.75) is 23.1 Å². The van der Waals surface area contributed by atoms with Gasteiger partial charge in [0.1, 0.15) is 6.33 Å². The van der Waals surface area contributed by atoms with Crippen molar-refractivity contribution >= 4 is 17.7 Å². The van der Waals surface area contributed by atoms with Crippen LogP contribution in [0.15, 0.2) is 11.1 Å². The molecule has 2 heterocycles. The number of nitrogens with zero attached hydrogens (tertiary/aromatic N) is 3. The largest absolute Gasteiger partial charge is 0.395 e. The minimum Gasteiger partial charge on any atom is -0.395 e. The standard InChI is InChI=1S/C8H12N4O3S/c9-7-10-3-12(8(15)11-7)6-1-4(14)5(2-13)16-6/h3-6,13-14H,1-2H2,(H2,9,11,15)/t4-,5-,6+/m0/s1. The van der Waals surface area contributed by atoms with Crippen molar-refractivity contribution in [1.82, 2.24) is 14.5 Å². The number of aliphatic hydroxyl groups excluding tert-OH is 2. The fraction of sp³-hybridized carbons (Fsp3) is 0.625. The van der Waals surface area contributed by atoms with Gasteiger partial charge in [0.25, 0.3) is 0 Å². The van der Waals surface area contributed by atoms with E-state index in [1.54, 1.807) is 0 Å². The lowest BCUT2D eigenvalue weighted by molar-refractivity contribution is 0.137. The topological polar surface area (TPSA) is 114 Å². The SMILES string of the molecule is Nc1ncn([C@H]2C[C@H](O)[C@H](CO)S2)c(=O)n1. The molecule has 8 heteroatoms. The van der Waals surface area contributed by atoms with Gasteiger partial charge in [0.15, 0.2) is 0 Å². The molecule has 2 rings (SSSR count). The third-order valence-electron chi connectivity index (χ3n) is 2.44. The molecule has 1 aromatic heterocycles. The summed E-state index contributed by atoms with van der Waals surface area (Å²) in [5.74, 6) is -0.0662. The minimum atomic E-state index is -0.621. The van der Waals surface area contributed by atoms with E-state index in [4.69, 9.17) is 10.8 Å². The second-order valence-corrected chi connectivity index (χ2v) is 4.94. The first-order chi connectivity index (χ1) is 7.61. The van der Waals surface area contributed by atoms with Crippen LogP contribution in [-0.2, 0) is 0 Å². The molecule has 0 aliphatic carbocycles. The first-order valence-corrected chi connectivity index (χ1v) is 5.71. The average molecular weight is 244 g/mol. The zero-order valence-corrected chi connectivity index (χ0v) is 9.17. The molecule has 0 amide bonds. The fourth-order valence-electron chi connectivity index (χ4n) is 1.60. The zero-order valence-electron chi connectivity index (χ0n) is 8.35. The van der Waals surface area contributed by atoms with Gasteiger partial charge in [0, 0.05) is 6.42 Å². The van der Waals surface area contributed by atoms with Crippen molar-refractivity contribution < 1.29 is 10.2 Å². The highest BCUT2D eigenvalue weighted by Crippen LogP contribution is 2.40. The lowest BCUT2D eigenvalue weighted by atomic mass is 10.2. The Morgan fingerprint density at radius 1 is 1.69 bits per heavy atom. The Morgan fingerprint density at radius 3 is 3.00 bits per heavy atom. The van der Waals surface area contributed by atoms with E-state index in [1.165, 1.54) is 22.7 Å². The maximum Gasteiger partial charge on any atom is 0.353 e. The number of nitrogens with two attached hydrogens (primary N) is 1. The highest BCUT2D eigenvalue weighted by molar-refractivity contribution is 8.00. The highest BCUT2D eigenvalue weighted by atomic mass is 32.2. The van der Waals surface area contributed by atoms with Crippen LogP contribution in [0.2, 0.25) is 0 Å². The van der Waals surface area contributed by atoms with Gasteiger partial charge in [0.05, 0.1) is 23.3 Å². The summed E-state index contributed by atoms with van der Waals surface area (Å²) in [6.45, 7) is -0.118. The van der Waals surface area contributed by atoms with Gasteiger partial charge in [-0.25, -0.2) is 9.78 Å². The summed E-state index contributed by atoms with van der Waals surface area (Å²) in [7, 11) is 0. The monoisotopic (exact) mass is 244 g/mol. The summed E-state index contributed by atoms with van der Waals surface area (Å²) in [6, 6.07) is 0. The lowest BCUT2D eigenvalue weighted by Crippen LogP contribution is -2.26. The van der Waals surface area contributed by atoms with Gasteiger partial charge < -0.3 is 15.9 Å². The summed E-state index contributed by atoms with van der Waals surface area (Å²) in [6.07, 6.45) is 1.09. The molecule has 0 radical (unpaired) electrons. The fourth-order valence-corrected chi connectivity index (χ4v) is 2.97. The molecule has 88 valence electrons. The van der Waals surface area contributed by atoms with E-state index in [1.807, 2.05) is 0 Å². The van der Waals surface area contributed by atoms with Gasteiger partial charge in [-0.2, -0.15) is 4.98 Å². The van der Waals surface area contributed by atoms with Crippen LogP contribution in [0.4, 0.5) is 5.95 Å². The van der Waals surface area contributed by atoms with E-state index < -0.39 is 11.8 Å². The molecule has 0 saturated carbocycles. The Morgan fingerprint density at radius 2 is 2.44 bits per heavy atom. The van der Waals surface area contributed by atoms with Crippen LogP contribution in [0.25, 0.3) is 0 Å². The predicted octanol–water partition coefficient (Wildman–Crippen LogP) is -1.42. The molecule has 1 aromatic rings. The summed E-state index contributed by atoms with van der Waals surface area (Å²) in [4.78, 5) is 18.7. The van der Waals surface area contributed by atoms with Gasteiger partial charge in [-0.05, 0) is 0 Å². The lowest BCUT2D eigenvalue weighted by Gasteiger charge is -2.11. The van der Waals surface area contributed by atoms with Gasteiger partial charge in [-0.1, -0.05) is 0 Å². The van der Waals surface area contributed by atoms with Crippen LogP contribution < -0.4 is 11.4 Å². The number of aliphatic hydroxyl groups is 2. The van der Waals surface area contributed by atoms with E-state index in [0.29, 0.717) is 6.42 Å². The van der Waals surface area contributed by atoms with E-state index in [9.17, 15) is 9.90 Å². The van der Waals surface area contributed by atoms with Gasteiger partial charge >= 0.3 is 5.69 Å². The van der Waals surface area contributed by atoms with Crippen LogP contribution in [0.3, 0.4) is 0 Å². The van der Waals surface area contributed by atoms with E-state index >= 15 is 0 Å². The molecule has 0 unspecified atom stereocenters. The van der Waals surface area contributed by atoms with Crippen molar-refractivity contribution in [1.29, 1.82) is 0 Å². The van der Waals surface area contributed by atoms with Gasteiger partial charge in [-0.3, -0.25) is 4.57 Å². The van der Waals surface area contributed by atoms with Gasteiger partial charge in [-0.15, -0.1) is 11.8 Å². The first kappa shape index (κ1) is 11.4. The predicted molar refractivity (Wildman–Crippen MR) is 58.8 cm³/mol. The number of anilines is 1. The Labute approximate surface area is 95.3 Å². The third kappa shape index (κ3) is 2.04. The molecule has 1 aliphatic rings. The Hall–Kier alpha value is -1.12. The molecule has 4 N–H and O–H groups in total. The van der Waals surface area contributed by atoms with E-state index in [-0.39, 0.29) is 23.2 Å². The Bertz CT molecular complexity index is 438. The van der Waals surface area contributed by atoms with E-state index in [2.05, 4.69) is 9.97 Å². The highest BCUT2D eigenvalue weighted by Gasteiger charge is 2.34. The number of rotatable bonds is 2. The van der Waals surface area contributed by atoms with Crippen LogP contribution in [0.1, 0.15) is 11.8 Å². The molecule has 7 nitrogen and oxygen atoms in total. The molecule has 3 atom stereocenters. The molecular formula is C8H12N4O3S. The molecule has 0 spiro atoms. The average Bonchev–Trinajstić information content (AvgIpc) is 2.59. The van der Waals surface area contributed by atoms with Crippen LogP contribution in [0.5, 0.6) is 0 Å². The molecule has 1 saturated heterocycles. The first-order valence-electron chi connectivity index (χ1n) is 4.77. The maximum atomic E-state index is 11.5. The minimum absolute atomic E-state index is 0.0662. The van der Waals surface area contributed by atoms with Crippen molar-refractivity contribution in [3.8, 4) is 0 Å². The Kier molecular flexibility index (Phi) is 3.13. The number of aromatic nitrogens is 3. The van der Waals surface area contributed by atoms with Crippen LogP contribution >= 0.6 is 11.8 Å². The van der Waals surface area contributed by atoms with Crippen molar-refractivity contribution in [3.05, 3.63) is 16.8 Å². The summed E-state index contributed by atoms with van der Waals surface area (Å²) >= 11 is 1.33. The van der Waals surface area contributed by atoms with Gasteiger partial charge in [0.2, 0.25) is 5.95 Å². The Balaban J connectivity index is 2.23. The van der Waals surface area contributed by atoms with Crippen molar-refractivity contribution in [2.75, 3.05) is 12.3 Å². The molecule has 1 aliphatic heterocycles. The molecule has 16 heavy (non-hydrogen) atoms. The normalized spacial score (nSPS) is 29.5. The maximum absolute atomic E-state index is 11.5. The summed E-state index contributed by atoms with van der Waals surface area (Å²) in [5, 5.41) is 18.1. The molecular weight excluding hydrogens is 232 g/mol. The number of hydrogen-bond donors (Lipinski definition) is 3.